The molecule has 2 N–H and O–H groups in total. The monoisotopic (exact) mass is 284 g/mol. The summed E-state index contributed by atoms with van der Waals surface area (Å²) in [5.74, 6) is 7.28. The summed E-state index contributed by atoms with van der Waals surface area (Å²) in [5, 5.41) is 0. The van der Waals surface area contributed by atoms with Crippen LogP contribution in [0.1, 0.15) is 41.8 Å². The van der Waals surface area contributed by atoms with E-state index in [2.05, 4.69) is 25.7 Å². The Balaban J connectivity index is 2.21. The summed E-state index contributed by atoms with van der Waals surface area (Å²) in [7, 11) is 0. The number of nitrogens with zero attached hydrogens (tertiary/aromatic N) is 1. The van der Waals surface area contributed by atoms with Crippen LogP contribution in [0.5, 0.6) is 0 Å². The van der Waals surface area contributed by atoms with Gasteiger partial charge < -0.3 is 10.6 Å². The fourth-order valence-corrected chi connectivity index (χ4v) is 2.84. The van der Waals surface area contributed by atoms with E-state index in [1.165, 1.54) is 0 Å². The number of carbonyl (C=O) groups excluding carboxylic acids is 1. The van der Waals surface area contributed by atoms with E-state index in [1.807, 2.05) is 30.0 Å². The zero-order chi connectivity index (χ0) is 15.4. The van der Waals surface area contributed by atoms with Gasteiger partial charge in [0.15, 0.2) is 0 Å². The second-order valence-corrected chi connectivity index (χ2v) is 6.03. The van der Waals surface area contributed by atoms with Gasteiger partial charge >= 0.3 is 0 Å². The molecule has 1 aliphatic rings. The Morgan fingerprint density at radius 2 is 2.24 bits per heavy atom. The van der Waals surface area contributed by atoms with Crippen LogP contribution in [0, 0.1) is 30.6 Å². The normalized spacial score (nSPS) is 17.8. The number of benzene rings is 1. The van der Waals surface area contributed by atoms with E-state index >= 15 is 0 Å². The largest absolute Gasteiger partial charge is 0.338 e. The molecular weight excluding hydrogens is 260 g/mol. The molecule has 1 unspecified atom stereocenters. The van der Waals surface area contributed by atoms with Crippen LogP contribution in [-0.2, 0) is 0 Å². The van der Waals surface area contributed by atoms with Crippen LogP contribution in [0.2, 0.25) is 0 Å². The van der Waals surface area contributed by atoms with Gasteiger partial charge in [0.05, 0.1) is 6.54 Å². The highest BCUT2D eigenvalue weighted by atomic mass is 16.2. The minimum Gasteiger partial charge on any atom is -0.338 e. The van der Waals surface area contributed by atoms with Gasteiger partial charge in [0.2, 0.25) is 0 Å². The molecule has 1 amide bonds. The van der Waals surface area contributed by atoms with Crippen LogP contribution in [0.25, 0.3) is 0 Å². The first kappa shape index (κ1) is 15.6. The molecule has 2 rings (SSSR count). The lowest BCUT2D eigenvalue weighted by atomic mass is 9.95. The van der Waals surface area contributed by atoms with Gasteiger partial charge in [-0.1, -0.05) is 31.8 Å². The first-order chi connectivity index (χ1) is 10.0. The molecule has 1 aliphatic heterocycles. The number of hydrogen-bond acceptors (Lipinski definition) is 2. The third-order valence-corrected chi connectivity index (χ3v) is 4.34. The molecule has 0 saturated carbocycles. The molecule has 21 heavy (non-hydrogen) atoms. The Labute approximate surface area is 127 Å². The van der Waals surface area contributed by atoms with E-state index < -0.39 is 0 Å². The zero-order valence-electron chi connectivity index (χ0n) is 13.1. The van der Waals surface area contributed by atoms with Crippen molar-refractivity contribution in [1.82, 2.24) is 4.90 Å². The highest BCUT2D eigenvalue weighted by Crippen LogP contribution is 2.26. The van der Waals surface area contributed by atoms with Gasteiger partial charge in [0.1, 0.15) is 0 Å². The van der Waals surface area contributed by atoms with Crippen LogP contribution in [0.3, 0.4) is 0 Å². The smallest absolute Gasteiger partial charge is 0.254 e. The first-order valence-electron chi connectivity index (χ1n) is 7.62. The van der Waals surface area contributed by atoms with Crippen molar-refractivity contribution < 1.29 is 4.79 Å². The quantitative estimate of drug-likeness (QED) is 0.848. The molecule has 1 aromatic rings. The molecule has 1 heterocycles. The van der Waals surface area contributed by atoms with Crippen molar-refractivity contribution in [1.29, 1.82) is 0 Å². The van der Waals surface area contributed by atoms with Gasteiger partial charge in [-0.15, -0.1) is 0 Å². The highest BCUT2D eigenvalue weighted by Gasteiger charge is 2.29. The number of hydrogen-bond donors (Lipinski definition) is 1. The van der Waals surface area contributed by atoms with E-state index in [0.717, 1.165) is 36.2 Å². The van der Waals surface area contributed by atoms with Crippen LogP contribution in [0.15, 0.2) is 18.2 Å². The Bertz CT molecular complexity index is 581. The molecule has 1 fully saturated rings. The molecule has 3 nitrogen and oxygen atoms in total. The van der Waals surface area contributed by atoms with Gasteiger partial charge in [-0.25, -0.2) is 0 Å². The van der Waals surface area contributed by atoms with Crippen molar-refractivity contribution in [2.24, 2.45) is 17.6 Å². The molecule has 1 aromatic carbocycles. The van der Waals surface area contributed by atoms with Gasteiger partial charge in [-0.2, -0.15) is 0 Å². The summed E-state index contributed by atoms with van der Waals surface area (Å²) in [6, 6.07) is 5.74. The predicted molar refractivity (Wildman–Crippen MR) is 86.0 cm³/mol. The zero-order valence-corrected chi connectivity index (χ0v) is 13.1. The average Bonchev–Trinajstić information content (AvgIpc) is 2.95. The van der Waals surface area contributed by atoms with Crippen LogP contribution in [0.4, 0.5) is 0 Å². The van der Waals surface area contributed by atoms with Gasteiger partial charge in [-0.3, -0.25) is 4.79 Å². The standard InChI is InChI=1S/C18H24N2O/c1-13(2)16-9-11-20(12-16)18(21)17-8-4-6-15(14(17)3)7-5-10-19/h4,6,8,13,16H,9-12,19H2,1-3H3. The summed E-state index contributed by atoms with van der Waals surface area (Å²) >= 11 is 0. The number of nitrogens with two attached hydrogens (primary N) is 1. The van der Waals surface area contributed by atoms with Gasteiger partial charge in [0, 0.05) is 24.2 Å². The number of rotatable bonds is 2. The number of amides is 1. The summed E-state index contributed by atoms with van der Waals surface area (Å²) in [6.45, 7) is 8.48. The second kappa shape index (κ2) is 6.78. The van der Waals surface area contributed by atoms with Crippen molar-refractivity contribution in [2.75, 3.05) is 19.6 Å². The molecule has 0 bridgehead atoms. The third kappa shape index (κ3) is 3.46. The molecule has 112 valence electrons. The Hall–Kier alpha value is -1.79. The topological polar surface area (TPSA) is 46.3 Å². The lowest BCUT2D eigenvalue weighted by Crippen LogP contribution is -2.30. The SMILES string of the molecule is Cc1c(C#CCN)cccc1C(=O)N1CCC(C(C)C)C1. The fraction of sp³-hybridized carbons (Fsp3) is 0.500. The van der Waals surface area contributed by atoms with Gasteiger partial charge in [0.25, 0.3) is 5.91 Å². The lowest BCUT2D eigenvalue weighted by molar-refractivity contribution is 0.0783. The minimum absolute atomic E-state index is 0.132. The predicted octanol–water partition coefficient (Wildman–Crippen LogP) is 2.42. The van der Waals surface area contributed by atoms with E-state index in [1.54, 1.807) is 0 Å². The third-order valence-electron chi connectivity index (χ3n) is 4.34. The van der Waals surface area contributed by atoms with Crippen molar-refractivity contribution in [3.8, 4) is 11.8 Å². The highest BCUT2D eigenvalue weighted by molar-refractivity contribution is 5.96. The number of likely N-dealkylation sites (tertiary alicyclic amines) is 1. The Kier molecular flexibility index (Phi) is 5.03. The summed E-state index contributed by atoms with van der Waals surface area (Å²) in [4.78, 5) is 14.7. The second-order valence-electron chi connectivity index (χ2n) is 6.03. The maximum Gasteiger partial charge on any atom is 0.254 e. The van der Waals surface area contributed by atoms with E-state index in [-0.39, 0.29) is 5.91 Å². The minimum atomic E-state index is 0.132. The van der Waals surface area contributed by atoms with Crippen LogP contribution in [-0.4, -0.2) is 30.4 Å². The number of carbonyl (C=O) groups is 1. The Morgan fingerprint density at radius 3 is 2.86 bits per heavy atom. The average molecular weight is 284 g/mol. The summed E-state index contributed by atoms with van der Waals surface area (Å²) in [5.41, 5.74) is 8.03. The van der Waals surface area contributed by atoms with Crippen molar-refractivity contribution in [3.63, 3.8) is 0 Å². The fourth-order valence-electron chi connectivity index (χ4n) is 2.84. The van der Waals surface area contributed by atoms with E-state index in [4.69, 9.17) is 5.73 Å². The molecule has 3 heteroatoms. The molecule has 1 atom stereocenters. The Morgan fingerprint density at radius 1 is 1.48 bits per heavy atom. The summed E-state index contributed by atoms with van der Waals surface area (Å²) in [6.07, 6.45) is 1.11. The maximum absolute atomic E-state index is 12.7. The van der Waals surface area contributed by atoms with Crippen LogP contribution >= 0.6 is 0 Å². The van der Waals surface area contributed by atoms with Crippen molar-refractivity contribution in [3.05, 3.63) is 34.9 Å². The summed E-state index contributed by atoms with van der Waals surface area (Å²) < 4.78 is 0. The molecule has 0 aliphatic carbocycles. The van der Waals surface area contributed by atoms with Gasteiger partial charge in [-0.05, 0) is 42.9 Å². The van der Waals surface area contributed by atoms with Crippen molar-refractivity contribution >= 4 is 5.91 Å². The maximum atomic E-state index is 12.7. The van der Waals surface area contributed by atoms with Crippen LogP contribution < -0.4 is 5.73 Å². The molecule has 1 saturated heterocycles. The molecular formula is C18H24N2O. The molecule has 0 spiro atoms. The van der Waals surface area contributed by atoms with Crippen molar-refractivity contribution in [2.45, 2.75) is 27.2 Å². The van der Waals surface area contributed by atoms with E-state index in [0.29, 0.717) is 18.4 Å². The molecule has 0 radical (unpaired) electrons. The van der Waals surface area contributed by atoms with E-state index in [9.17, 15) is 4.79 Å². The first-order valence-corrected chi connectivity index (χ1v) is 7.62. The lowest BCUT2D eigenvalue weighted by Gasteiger charge is -2.19. The molecule has 0 aromatic heterocycles.